The van der Waals surface area contributed by atoms with Crippen molar-refractivity contribution in [1.29, 1.82) is 0 Å². The van der Waals surface area contributed by atoms with Crippen LogP contribution in [0.2, 0.25) is 0 Å². The van der Waals surface area contributed by atoms with E-state index in [2.05, 4.69) is 9.89 Å². The number of hydrogen-bond acceptors (Lipinski definition) is 8. The van der Waals surface area contributed by atoms with Gasteiger partial charge in [0.05, 0.1) is 22.9 Å². The first-order chi connectivity index (χ1) is 17.2. The molecular formula is C24H26N4O6S2. The number of fused-ring (bicyclic) bond motifs is 1. The highest BCUT2D eigenvalue weighted by atomic mass is 32.2. The first-order valence-corrected chi connectivity index (χ1v) is 13.8. The molecule has 2 amide bonds. The minimum atomic E-state index is -3.99. The number of carbonyl (C=O) groups excluding carboxylic acids is 3. The van der Waals surface area contributed by atoms with Crippen molar-refractivity contribution in [2.24, 2.45) is 12.0 Å². The number of thiazole rings is 1. The molecule has 2 heterocycles. The monoisotopic (exact) mass is 530 g/mol. The molecule has 4 rings (SSSR count). The highest BCUT2D eigenvalue weighted by Crippen LogP contribution is 2.19. The highest BCUT2D eigenvalue weighted by molar-refractivity contribution is 7.92. The van der Waals surface area contributed by atoms with Crippen molar-refractivity contribution in [1.82, 2.24) is 9.47 Å². The number of carbonyl (C=O) groups is 3. The first-order valence-electron chi connectivity index (χ1n) is 11.2. The summed E-state index contributed by atoms with van der Waals surface area (Å²) < 4.78 is 32.2. The van der Waals surface area contributed by atoms with Gasteiger partial charge in [-0.2, -0.15) is 4.99 Å². The van der Waals surface area contributed by atoms with Gasteiger partial charge in [-0.3, -0.25) is 9.59 Å². The van der Waals surface area contributed by atoms with E-state index in [4.69, 9.17) is 4.74 Å². The average molecular weight is 531 g/mol. The van der Waals surface area contributed by atoms with Crippen LogP contribution in [0.4, 0.5) is 5.69 Å². The lowest BCUT2D eigenvalue weighted by atomic mass is 10.2. The molecule has 1 aliphatic heterocycles. The average Bonchev–Trinajstić information content (AvgIpc) is 3.17. The van der Waals surface area contributed by atoms with E-state index in [9.17, 15) is 22.8 Å². The van der Waals surface area contributed by atoms with Gasteiger partial charge in [-0.1, -0.05) is 29.5 Å². The summed E-state index contributed by atoms with van der Waals surface area (Å²) >= 11 is 1.15. The maximum Gasteiger partial charge on any atom is 0.337 e. The number of aromatic nitrogens is 1. The molecule has 1 saturated heterocycles. The Balaban J connectivity index is 1.39. The molecule has 0 radical (unpaired) electrons. The molecule has 3 aromatic rings. The Morgan fingerprint density at radius 2 is 1.69 bits per heavy atom. The lowest BCUT2D eigenvalue weighted by Crippen LogP contribution is -2.50. The summed E-state index contributed by atoms with van der Waals surface area (Å²) in [4.78, 5) is 44.8. The van der Waals surface area contributed by atoms with Gasteiger partial charge in [-0.15, -0.1) is 0 Å². The van der Waals surface area contributed by atoms with E-state index in [1.807, 2.05) is 30.3 Å². The first kappa shape index (κ1) is 25.6. The predicted molar refractivity (Wildman–Crippen MR) is 137 cm³/mol. The molecule has 0 spiro atoms. The maximum atomic E-state index is 12.6. The van der Waals surface area contributed by atoms with Crippen LogP contribution in [0.25, 0.3) is 10.2 Å². The third-order valence-electron chi connectivity index (χ3n) is 5.89. The Morgan fingerprint density at radius 3 is 2.36 bits per heavy atom. The van der Waals surface area contributed by atoms with Crippen molar-refractivity contribution in [2.45, 2.75) is 0 Å². The molecule has 0 bridgehead atoms. The molecule has 0 saturated carbocycles. The molecule has 0 atom stereocenters. The van der Waals surface area contributed by atoms with Gasteiger partial charge >= 0.3 is 5.97 Å². The fraction of sp³-hybridized carbons (Fsp3) is 0.333. The smallest absolute Gasteiger partial charge is 0.337 e. The molecule has 1 aliphatic rings. The summed E-state index contributed by atoms with van der Waals surface area (Å²) in [7, 11) is -1.02. The van der Waals surface area contributed by atoms with Crippen molar-refractivity contribution in [3.8, 4) is 0 Å². The molecular weight excluding hydrogens is 504 g/mol. The molecule has 1 fully saturated rings. The summed E-state index contributed by atoms with van der Waals surface area (Å²) in [6.07, 6.45) is 0. The number of hydrogen-bond donors (Lipinski definition) is 0. The summed E-state index contributed by atoms with van der Waals surface area (Å²) in [5.74, 6) is -3.45. The molecule has 10 nitrogen and oxygen atoms in total. The third-order valence-corrected chi connectivity index (χ3v) is 8.36. The Bertz CT molecular complexity index is 1470. The number of anilines is 1. The number of rotatable bonds is 6. The van der Waals surface area contributed by atoms with Crippen molar-refractivity contribution in [3.05, 3.63) is 58.9 Å². The van der Waals surface area contributed by atoms with Crippen LogP contribution in [0.3, 0.4) is 0 Å². The van der Waals surface area contributed by atoms with Crippen molar-refractivity contribution < 1.29 is 27.5 Å². The Kier molecular flexibility index (Phi) is 7.55. The van der Waals surface area contributed by atoms with Gasteiger partial charge in [0.15, 0.2) is 14.6 Å². The summed E-state index contributed by atoms with van der Waals surface area (Å²) in [5.41, 5.74) is 2.14. The number of esters is 1. The fourth-order valence-corrected chi connectivity index (χ4v) is 6.17. The number of amides is 2. The van der Waals surface area contributed by atoms with Crippen LogP contribution in [-0.4, -0.2) is 80.5 Å². The molecule has 190 valence electrons. The van der Waals surface area contributed by atoms with Crippen LogP contribution in [0.5, 0.6) is 0 Å². The Hall–Kier alpha value is -3.51. The number of nitrogens with zero attached hydrogens (tertiary/aromatic N) is 4. The number of aryl methyl sites for hydroxylation is 1. The Morgan fingerprint density at radius 1 is 1.00 bits per heavy atom. The molecule has 36 heavy (non-hydrogen) atoms. The van der Waals surface area contributed by atoms with Crippen molar-refractivity contribution in [3.63, 3.8) is 0 Å². The zero-order chi connectivity index (χ0) is 25.9. The predicted octanol–water partition coefficient (Wildman–Crippen LogP) is 1.22. The SMILES string of the molecule is COC(=O)c1ccc2c(c1)sc(=NC(=O)CS(=O)(=O)CC(=O)N1CCN(c3ccccc3)CC1)n2C. The number of methoxy groups -OCH3 is 1. The van der Waals surface area contributed by atoms with E-state index in [1.54, 1.807) is 29.8 Å². The quantitative estimate of drug-likeness (QED) is 0.440. The minimum absolute atomic E-state index is 0.288. The summed E-state index contributed by atoms with van der Waals surface area (Å²) in [6.45, 7) is 2.02. The van der Waals surface area contributed by atoms with Crippen LogP contribution in [0, 0.1) is 0 Å². The zero-order valence-corrected chi connectivity index (χ0v) is 21.5. The second-order valence-electron chi connectivity index (χ2n) is 8.36. The fourth-order valence-electron chi connectivity index (χ4n) is 4.00. The van der Waals surface area contributed by atoms with E-state index in [1.165, 1.54) is 12.0 Å². The van der Waals surface area contributed by atoms with E-state index < -0.39 is 39.1 Å². The zero-order valence-electron chi connectivity index (χ0n) is 19.9. The largest absolute Gasteiger partial charge is 0.465 e. The van der Waals surface area contributed by atoms with Crippen LogP contribution < -0.4 is 9.70 Å². The van der Waals surface area contributed by atoms with Gasteiger partial charge in [-0.25, -0.2) is 13.2 Å². The second-order valence-corrected chi connectivity index (χ2v) is 11.4. The molecule has 0 unspecified atom stereocenters. The molecule has 0 aliphatic carbocycles. The lowest BCUT2D eigenvalue weighted by Gasteiger charge is -2.36. The number of ether oxygens (including phenoxy) is 1. The number of para-hydroxylation sites is 1. The highest BCUT2D eigenvalue weighted by Gasteiger charge is 2.27. The third kappa shape index (κ3) is 5.82. The molecule has 1 aromatic heterocycles. The van der Waals surface area contributed by atoms with Crippen LogP contribution in [0.1, 0.15) is 10.4 Å². The van der Waals surface area contributed by atoms with Crippen molar-refractivity contribution in [2.75, 3.05) is 49.7 Å². The van der Waals surface area contributed by atoms with Crippen LogP contribution >= 0.6 is 11.3 Å². The molecule has 2 aromatic carbocycles. The standard InChI is InChI=1S/C24H26N4O6S2/c1-26-19-9-8-17(23(31)34-2)14-20(19)35-24(26)25-21(29)15-36(32,33)16-22(30)28-12-10-27(11-13-28)18-6-4-3-5-7-18/h3-9,14H,10-13,15-16H2,1-2H3. The van der Waals surface area contributed by atoms with E-state index >= 15 is 0 Å². The summed E-state index contributed by atoms with van der Waals surface area (Å²) in [5, 5.41) is 0. The van der Waals surface area contributed by atoms with Gasteiger partial charge in [0, 0.05) is 38.9 Å². The van der Waals surface area contributed by atoms with E-state index in [0.717, 1.165) is 22.5 Å². The number of benzene rings is 2. The van der Waals surface area contributed by atoms with Gasteiger partial charge < -0.3 is 19.1 Å². The van der Waals surface area contributed by atoms with Crippen LogP contribution in [0.15, 0.2) is 53.5 Å². The second kappa shape index (κ2) is 10.6. The number of sulfone groups is 1. The number of piperazine rings is 1. The normalized spacial score (nSPS) is 14.8. The Labute approximate surface area is 212 Å². The van der Waals surface area contributed by atoms with Gasteiger partial charge in [-0.05, 0) is 30.3 Å². The summed E-state index contributed by atoms with van der Waals surface area (Å²) in [6, 6.07) is 14.7. The van der Waals surface area contributed by atoms with Crippen molar-refractivity contribution >= 4 is 54.9 Å². The lowest BCUT2D eigenvalue weighted by molar-refractivity contribution is -0.128. The molecule has 0 N–H and O–H groups in total. The van der Waals surface area contributed by atoms with Gasteiger partial charge in [0.2, 0.25) is 5.91 Å². The van der Waals surface area contributed by atoms with E-state index in [-0.39, 0.29) is 4.80 Å². The van der Waals surface area contributed by atoms with Crippen LogP contribution in [-0.2, 0) is 31.2 Å². The van der Waals surface area contributed by atoms with E-state index in [0.29, 0.717) is 36.4 Å². The molecule has 12 heteroatoms. The topological polar surface area (TPSA) is 118 Å². The minimum Gasteiger partial charge on any atom is -0.465 e. The maximum absolute atomic E-state index is 12.6. The van der Waals surface area contributed by atoms with Gasteiger partial charge in [0.1, 0.15) is 11.5 Å². The van der Waals surface area contributed by atoms with Gasteiger partial charge in [0.25, 0.3) is 5.91 Å².